The Balaban J connectivity index is 1.89. The third-order valence-corrected chi connectivity index (χ3v) is 5.27. The molecule has 0 atom stereocenters. The lowest BCUT2D eigenvalue weighted by molar-refractivity contribution is -0.0307. The van der Waals surface area contributed by atoms with Gasteiger partial charge in [0.25, 0.3) is 0 Å². The van der Waals surface area contributed by atoms with Crippen LogP contribution in [-0.2, 0) is 0 Å². The molecule has 0 amide bonds. The smallest absolute Gasteiger partial charge is 0.0615 e. The van der Waals surface area contributed by atoms with Crippen LogP contribution in [0.5, 0.6) is 0 Å². The Kier molecular flexibility index (Phi) is 2.21. The van der Waals surface area contributed by atoms with Gasteiger partial charge in [-0.25, -0.2) is 0 Å². The minimum Gasteiger partial charge on any atom is -0.392 e. The largest absolute Gasteiger partial charge is 0.392 e. The molecule has 0 saturated heterocycles. The third kappa shape index (κ3) is 1.47. The molecule has 4 aliphatic rings. The molecular weight excluding hydrogens is 184 g/mol. The Morgan fingerprint density at radius 1 is 1.13 bits per heavy atom. The zero-order chi connectivity index (χ0) is 10.5. The molecule has 4 saturated carbocycles. The molecule has 1 N–H and O–H groups in total. The van der Waals surface area contributed by atoms with E-state index in [9.17, 15) is 0 Å². The molecule has 4 bridgehead atoms. The highest BCUT2D eigenvalue weighted by Crippen LogP contribution is 2.62. The summed E-state index contributed by atoms with van der Waals surface area (Å²) in [7, 11) is 0. The Labute approximate surface area is 92.6 Å². The monoisotopic (exact) mass is 206 g/mol. The van der Waals surface area contributed by atoms with E-state index in [1.807, 2.05) is 0 Å². The van der Waals surface area contributed by atoms with E-state index >= 15 is 0 Å². The lowest BCUT2D eigenvalue weighted by atomic mass is 9.48. The van der Waals surface area contributed by atoms with Gasteiger partial charge in [0, 0.05) is 0 Å². The second kappa shape index (κ2) is 3.35. The van der Waals surface area contributed by atoms with Gasteiger partial charge in [0.1, 0.15) is 0 Å². The van der Waals surface area contributed by atoms with Crippen molar-refractivity contribution in [1.29, 1.82) is 0 Å². The zero-order valence-electron chi connectivity index (χ0n) is 9.71. The molecule has 0 aromatic rings. The molecule has 0 aromatic carbocycles. The van der Waals surface area contributed by atoms with E-state index in [2.05, 4.69) is 13.0 Å². The van der Waals surface area contributed by atoms with E-state index in [1.54, 1.807) is 0 Å². The van der Waals surface area contributed by atoms with Crippen LogP contribution in [0.25, 0.3) is 0 Å². The predicted octanol–water partition coefficient (Wildman–Crippen LogP) is 3.14. The second-order valence-corrected chi connectivity index (χ2v) is 6.27. The molecule has 15 heavy (non-hydrogen) atoms. The standard InChI is InChI=1S/C14H22O/c1-10(2-3-15)14-7-11-4-12(8-14)6-13(5-11)9-14/h2,11-13,15H,3-9H2,1H3/b10-2+. The predicted molar refractivity (Wildman–Crippen MR) is 61.4 cm³/mol. The number of aliphatic hydroxyl groups excluding tert-OH is 1. The normalized spacial score (nSPS) is 48.7. The molecule has 0 spiro atoms. The van der Waals surface area contributed by atoms with Crippen LogP contribution < -0.4 is 0 Å². The number of aliphatic hydroxyl groups is 1. The van der Waals surface area contributed by atoms with Gasteiger partial charge in [-0.1, -0.05) is 11.6 Å². The van der Waals surface area contributed by atoms with Crippen LogP contribution in [0, 0.1) is 23.2 Å². The van der Waals surface area contributed by atoms with Gasteiger partial charge in [0.15, 0.2) is 0 Å². The minimum absolute atomic E-state index is 0.230. The molecule has 0 aliphatic heterocycles. The molecule has 84 valence electrons. The fourth-order valence-electron chi connectivity index (χ4n) is 4.95. The summed E-state index contributed by atoms with van der Waals surface area (Å²) in [5.74, 6) is 3.04. The second-order valence-electron chi connectivity index (χ2n) is 6.27. The molecule has 1 heteroatoms. The molecule has 0 unspecified atom stereocenters. The Hall–Kier alpha value is -0.300. The van der Waals surface area contributed by atoms with Crippen LogP contribution in [0.1, 0.15) is 45.4 Å². The van der Waals surface area contributed by atoms with Crippen LogP contribution in [0.2, 0.25) is 0 Å². The van der Waals surface area contributed by atoms with Crippen molar-refractivity contribution < 1.29 is 5.11 Å². The summed E-state index contributed by atoms with van der Waals surface area (Å²) in [6.45, 7) is 2.48. The fraction of sp³-hybridized carbons (Fsp3) is 0.857. The van der Waals surface area contributed by atoms with Gasteiger partial charge in [-0.05, 0) is 68.6 Å². The number of hydrogen-bond acceptors (Lipinski definition) is 1. The van der Waals surface area contributed by atoms with Crippen molar-refractivity contribution in [2.45, 2.75) is 45.4 Å². The van der Waals surface area contributed by atoms with Crippen molar-refractivity contribution in [3.8, 4) is 0 Å². The molecule has 0 heterocycles. The molecule has 1 nitrogen and oxygen atoms in total. The molecule has 4 fully saturated rings. The Morgan fingerprint density at radius 3 is 2.00 bits per heavy atom. The molecule has 4 aliphatic carbocycles. The summed E-state index contributed by atoms with van der Waals surface area (Å²) in [6, 6.07) is 0. The number of allylic oxidation sites excluding steroid dienone is 1. The quantitative estimate of drug-likeness (QED) is 0.688. The van der Waals surface area contributed by atoms with E-state index in [4.69, 9.17) is 5.11 Å². The fourth-order valence-corrected chi connectivity index (χ4v) is 4.95. The summed E-state index contributed by atoms with van der Waals surface area (Å²) in [4.78, 5) is 0. The maximum atomic E-state index is 9.06. The van der Waals surface area contributed by atoms with Crippen LogP contribution in [0.15, 0.2) is 11.6 Å². The van der Waals surface area contributed by atoms with Crippen molar-refractivity contribution in [2.75, 3.05) is 6.61 Å². The molecule has 4 rings (SSSR count). The van der Waals surface area contributed by atoms with Crippen molar-refractivity contribution in [2.24, 2.45) is 23.2 Å². The van der Waals surface area contributed by atoms with Crippen LogP contribution in [-0.4, -0.2) is 11.7 Å². The van der Waals surface area contributed by atoms with Gasteiger partial charge < -0.3 is 5.11 Å². The van der Waals surface area contributed by atoms with Crippen molar-refractivity contribution >= 4 is 0 Å². The summed E-state index contributed by atoms with van der Waals surface area (Å²) < 4.78 is 0. The maximum Gasteiger partial charge on any atom is 0.0615 e. The minimum atomic E-state index is 0.230. The summed E-state index contributed by atoms with van der Waals surface area (Å²) in [5.41, 5.74) is 2.00. The van der Waals surface area contributed by atoms with Crippen molar-refractivity contribution in [1.82, 2.24) is 0 Å². The average molecular weight is 206 g/mol. The number of hydrogen-bond donors (Lipinski definition) is 1. The molecule has 0 radical (unpaired) electrons. The molecule has 0 aromatic heterocycles. The molecular formula is C14H22O. The maximum absolute atomic E-state index is 9.06. The lowest BCUT2D eigenvalue weighted by Gasteiger charge is -2.57. The Bertz CT molecular complexity index is 254. The van der Waals surface area contributed by atoms with Gasteiger partial charge >= 0.3 is 0 Å². The first-order chi connectivity index (χ1) is 7.22. The average Bonchev–Trinajstić information content (AvgIpc) is 2.15. The SMILES string of the molecule is C/C(=C\CO)C12CC3CC(CC(C3)C1)C2. The van der Waals surface area contributed by atoms with Crippen molar-refractivity contribution in [3.05, 3.63) is 11.6 Å². The lowest BCUT2D eigenvalue weighted by Crippen LogP contribution is -2.46. The summed E-state index contributed by atoms with van der Waals surface area (Å²) in [6.07, 6.45) is 10.8. The van der Waals surface area contributed by atoms with Gasteiger partial charge in [-0.3, -0.25) is 0 Å². The number of rotatable bonds is 2. The van der Waals surface area contributed by atoms with E-state index in [0.717, 1.165) is 17.8 Å². The topological polar surface area (TPSA) is 20.2 Å². The summed E-state index contributed by atoms with van der Waals surface area (Å²) in [5, 5.41) is 9.06. The van der Waals surface area contributed by atoms with E-state index in [1.165, 1.54) is 44.1 Å². The highest BCUT2D eigenvalue weighted by atomic mass is 16.2. The first-order valence-corrected chi connectivity index (χ1v) is 6.50. The highest BCUT2D eigenvalue weighted by Gasteiger charge is 2.51. The van der Waals surface area contributed by atoms with Gasteiger partial charge in [0.05, 0.1) is 6.61 Å². The zero-order valence-corrected chi connectivity index (χ0v) is 9.71. The third-order valence-electron chi connectivity index (χ3n) is 5.27. The highest BCUT2D eigenvalue weighted by molar-refractivity contribution is 5.19. The first-order valence-electron chi connectivity index (χ1n) is 6.50. The van der Waals surface area contributed by atoms with Gasteiger partial charge in [-0.15, -0.1) is 0 Å². The first kappa shape index (κ1) is 9.89. The van der Waals surface area contributed by atoms with E-state index < -0.39 is 0 Å². The van der Waals surface area contributed by atoms with Crippen LogP contribution in [0.3, 0.4) is 0 Å². The summed E-state index contributed by atoms with van der Waals surface area (Å²) >= 11 is 0. The Morgan fingerprint density at radius 2 is 1.60 bits per heavy atom. The van der Waals surface area contributed by atoms with Crippen molar-refractivity contribution in [3.63, 3.8) is 0 Å². The van der Waals surface area contributed by atoms with Gasteiger partial charge in [-0.2, -0.15) is 0 Å². The van der Waals surface area contributed by atoms with Gasteiger partial charge in [0.2, 0.25) is 0 Å². The van der Waals surface area contributed by atoms with E-state index in [0.29, 0.717) is 5.41 Å². The van der Waals surface area contributed by atoms with Crippen LogP contribution in [0.4, 0.5) is 0 Å². The van der Waals surface area contributed by atoms with Crippen LogP contribution >= 0.6 is 0 Å². The van der Waals surface area contributed by atoms with E-state index in [-0.39, 0.29) is 6.61 Å².